The first kappa shape index (κ1) is 19.4. The summed E-state index contributed by atoms with van der Waals surface area (Å²) >= 11 is 0. The molecular formula is C17H35NO2. The quantitative estimate of drug-likeness (QED) is 0.470. The van der Waals surface area contributed by atoms with E-state index in [4.69, 9.17) is 5.11 Å². The summed E-state index contributed by atoms with van der Waals surface area (Å²) in [5.74, 6) is 0.165. The van der Waals surface area contributed by atoms with Crippen LogP contribution in [0.5, 0.6) is 0 Å². The molecule has 2 N–H and O–H groups in total. The van der Waals surface area contributed by atoms with Gasteiger partial charge >= 0.3 is 0 Å². The molecule has 0 aliphatic carbocycles. The van der Waals surface area contributed by atoms with Gasteiger partial charge in [-0.15, -0.1) is 0 Å². The van der Waals surface area contributed by atoms with Crippen molar-refractivity contribution in [3.8, 4) is 0 Å². The van der Waals surface area contributed by atoms with E-state index in [0.717, 1.165) is 19.3 Å². The third-order valence-corrected chi connectivity index (χ3v) is 3.71. The highest BCUT2D eigenvalue weighted by Crippen LogP contribution is 2.10. The first-order valence-corrected chi connectivity index (χ1v) is 8.61. The zero-order valence-corrected chi connectivity index (χ0v) is 13.6. The Morgan fingerprint density at radius 1 is 0.950 bits per heavy atom. The first-order chi connectivity index (χ1) is 9.70. The van der Waals surface area contributed by atoms with Crippen LogP contribution in [0.15, 0.2) is 0 Å². The molecule has 0 saturated heterocycles. The number of carbonyl (C=O) groups is 1. The average Bonchev–Trinajstić information content (AvgIpc) is 2.43. The molecule has 0 saturated carbocycles. The summed E-state index contributed by atoms with van der Waals surface area (Å²) in [6, 6.07) is 0.188. The van der Waals surface area contributed by atoms with Gasteiger partial charge in [-0.2, -0.15) is 0 Å². The minimum Gasteiger partial charge on any atom is -0.396 e. The summed E-state index contributed by atoms with van der Waals surface area (Å²) in [6.07, 6.45) is 13.8. The molecule has 0 aromatic rings. The van der Waals surface area contributed by atoms with Crippen molar-refractivity contribution in [1.29, 1.82) is 0 Å². The van der Waals surface area contributed by atoms with E-state index < -0.39 is 0 Å². The molecule has 1 amide bonds. The number of unbranched alkanes of at least 4 members (excludes halogenated alkanes) is 8. The molecule has 20 heavy (non-hydrogen) atoms. The standard InChI is InChI=1S/C17H35NO2/c1-3-4-5-6-7-8-9-10-11-14-17(20)18-16(2)13-12-15-19/h16,19H,3-15H2,1-2H3,(H,18,20). The van der Waals surface area contributed by atoms with Crippen LogP contribution in [-0.4, -0.2) is 23.7 Å². The molecule has 1 atom stereocenters. The molecule has 0 fully saturated rings. The zero-order chi connectivity index (χ0) is 15.1. The molecule has 0 aliphatic rings. The summed E-state index contributed by atoms with van der Waals surface area (Å²) in [4.78, 5) is 11.7. The molecule has 0 heterocycles. The Bertz CT molecular complexity index is 219. The van der Waals surface area contributed by atoms with Crippen LogP contribution in [0.25, 0.3) is 0 Å². The number of carbonyl (C=O) groups excluding carboxylic acids is 1. The number of rotatable bonds is 14. The van der Waals surface area contributed by atoms with E-state index in [0.29, 0.717) is 6.42 Å². The monoisotopic (exact) mass is 285 g/mol. The van der Waals surface area contributed by atoms with Crippen LogP contribution < -0.4 is 5.32 Å². The van der Waals surface area contributed by atoms with Gasteiger partial charge in [0, 0.05) is 19.1 Å². The summed E-state index contributed by atoms with van der Waals surface area (Å²) in [5, 5.41) is 11.7. The fraction of sp³-hybridized carbons (Fsp3) is 0.941. The molecule has 0 rings (SSSR count). The maximum absolute atomic E-state index is 11.7. The van der Waals surface area contributed by atoms with Crippen LogP contribution in [0.4, 0.5) is 0 Å². The number of aliphatic hydroxyl groups excluding tert-OH is 1. The van der Waals surface area contributed by atoms with Crippen molar-refractivity contribution in [2.75, 3.05) is 6.61 Å². The van der Waals surface area contributed by atoms with Gasteiger partial charge in [0.05, 0.1) is 0 Å². The highest BCUT2D eigenvalue weighted by molar-refractivity contribution is 5.76. The number of hydrogen-bond acceptors (Lipinski definition) is 2. The van der Waals surface area contributed by atoms with Crippen molar-refractivity contribution >= 4 is 5.91 Å². The van der Waals surface area contributed by atoms with Crippen molar-refractivity contribution in [3.63, 3.8) is 0 Å². The molecule has 3 nitrogen and oxygen atoms in total. The lowest BCUT2D eigenvalue weighted by atomic mass is 10.1. The van der Waals surface area contributed by atoms with Crippen molar-refractivity contribution < 1.29 is 9.90 Å². The Hall–Kier alpha value is -0.570. The molecule has 0 aromatic carbocycles. The summed E-state index contributed by atoms with van der Waals surface area (Å²) in [7, 11) is 0. The second kappa shape index (κ2) is 14.8. The molecule has 0 spiro atoms. The predicted molar refractivity (Wildman–Crippen MR) is 85.8 cm³/mol. The smallest absolute Gasteiger partial charge is 0.220 e. The van der Waals surface area contributed by atoms with Gasteiger partial charge in [-0.1, -0.05) is 58.3 Å². The van der Waals surface area contributed by atoms with Gasteiger partial charge in [0.2, 0.25) is 5.91 Å². The molecule has 3 heteroatoms. The van der Waals surface area contributed by atoms with E-state index in [9.17, 15) is 4.79 Å². The largest absolute Gasteiger partial charge is 0.396 e. The third kappa shape index (κ3) is 13.9. The molecule has 1 unspecified atom stereocenters. The van der Waals surface area contributed by atoms with Crippen molar-refractivity contribution in [2.45, 2.75) is 96.9 Å². The maximum Gasteiger partial charge on any atom is 0.220 e. The van der Waals surface area contributed by atoms with Crippen molar-refractivity contribution in [1.82, 2.24) is 5.32 Å². The SMILES string of the molecule is CCCCCCCCCCCC(=O)NC(C)CCCO. The van der Waals surface area contributed by atoms with Crippen LogP contribution in [0.2, 0.25) is 0 Å². The minimum absolute atomic E-state index is 0.165. The first-order valence-electron chi connectivity index (χ1n) is 8.61. The predicted octanol–water partition coefficient (Wildman–Crippen LogP) is 4.18. The van der Waals surface area contributed by atoms with Gasteiger partial charge in [-0.05, 0) is 26.2 Å². The minimum atomic E-state index is 0.165. The second-order valence-corrected chi connectivity index (χ2v) is 5.91. The Morgan fingerprint density at radius 3 is 2.05 bits per heavy atom. The number of aliphatic hydroxyl groups is 1. The molecule has 0 bridgehead atoms. The molecular weight excluding hydrogens is 250 g/mol. The van der Waals surface area contributed by atoms with Gasteiger partial charge < -0.3 is 10.4 Å². The van der Waals surface area contributed by atoms with Gasteiger partial charge in [-0.25, -0.2) is 0 Å². The lowest BCUT2D eigenvalue weighted by Crippen LogP contribution is -2.32. The summed E-state index contributed by atoms with van der Waals surface area (Å²) in [6.45, 7) is 4.46. The highest BCUT2D eigenvalue weighted by atomic mass is 16.2. The average molecular weight is 285 g/mol. The topological polar surface area (TPSA) is 49.3 Å². The van der Waals surface area contributed by atoms with Crippen molar-refractivity contribution in [2.24, 2.45) is 0 Å². The van der Waals surface area contributed by atoms with E-state index in [1.54, 1.807) is 0 Å². The summed E-state index contributed by atoms with van der Waals surface area (Å²) < 4.78 is 0. The van der Waals surface area contributed by atoms with Gasteiger partial charge in [0.1, 0.15) is 0 Å². The Labute approximate surface area is 125 Å². The van der Waals surface area contributed by atoms with E-state index >= 15 is 0 Å². The van der Waals surface area contributed by atoms with Crippen LogP contribution >= 0.6 is 0 Å². The maximum atomic E-state index is 11.7. The van der Waals surface area contributed by atoms with E-state index in [1.807, 2.05) is 6.92 Å². The number of hydrogen-bond donors (Lipinski definition) is 2. The Balaban J connectivity index is 3.26. The lowest BCUT2D eigenvalue weighted by Gasteiger charge is -2.12. The normalized spacial score (nSPS) is 12.3. The van der Waals surface area contributed by atoms with Crippen LogP contribution in [0, 0.1) is 0 Å². The highest BCUT2D eigenvalue weighted by Gasteiger charge is 2.06. The third-order valence-electron chi connectivity index (χ3n) is 3.71. The van der Waals surface area contributed by atoms with Crippen LogP contribution in [0.3, 0.4) is 0 Å². The number of amides is 1. The Morgan fingerprint density at radius 2 is 1.50 bits per heavy atom. The lowest BCUT2D eigenvalue weighted by molar-refractivity contribution is -0.121. The second-order valence-electron chi connectivity index (χ2n) is 5.91. The van der Waals surface area contributed by atoms with E-state index in [-0.39, 0.29) is 18.6 Å². The molecule has 0 aromatic heterocycles. The zero-order valence-electron chi connectivity index (χ0n) is 13.6. The fourth-order valence-electron chi connectivity index (χ4n) is 2.41. The van der Waals surface area contributed by atoms with Gasteiger partial charge in [0.15, 0.2) is 0 Å². The molecule has 120 valence electrons. The van der Waals surface area contributed by atoms with Crippen LogP contribution in [0.1, 0.15) is 90.9 Å². The molecule has 0 aliphatic heterocycles. The Kier molecular flexibility index (Phi) is 14.4. The number of nitrogens with one attached hydrogen (secondary N) is 1. The van der Waals surface area contributed by atoms with E-state index in [1.165, 1.54) is 51.4 Å². The van der Waals surface area contributed by atoms with Gasteiger partial charge in [-0.3, -0.25) is 4.79 Å². The van der Waals surface area contributed by atoms with Crippen LogP contribution in [-0.2, 0) is 4.79 Å². The fourth-order valence-corrected chi connectivity index (χ4v) is 2.41. The molecule has 0 radical (unpaired) electrons. The van der Waals surface area contributed by atoms with Gasteiger partial charge in [0.25, 0.3) is 0 Å². The summed E-state index contributed by atoms with van der Waals surface area (Å²) in [5.41, 5.74) is 0. The van der Waals surface area contributed by atoms with Crippen molar-refractivity contribution in [3.05, 3.63) is 0 Å². The van der Waals surface area contributed by atoms with E-state index in [2.05, 4.69) is 12.2 Å².